The standard InChI is InChI=1S/C18H21IN4O/c1-13(15-3-2-14-6-11-24-16(14)12-15)22-7-9-23(10-8-22)18-5-4-17(19)20-21-18/h2-5,12-13H,6-11H2,1H3. The summed E-state index contributed by atoms with van der Waals surface area (Å²) < 4.78 is 6.65. The number of hydrogen-bond acceptors (Lipinski definition) is 5. The molecule has 2 aromatic rings. The van der Waals surface area contributed by atoms with Crippen LogP contribution in [0.2, 0.25) is 0 Å². The Morgan fingerprint density at radius 3 is 2.67 bits per heavy atom. The molecule has 24 heavy (non-hydrogen) atoms. The Kier molecular flexibility index (Phi) is 4.58. The number of halogens is 1. The van der Waals surface area contributed by atoms with Gasteiger partial charge in [0.2, 0.25) is 0 Å². The second-order valence-electron chi connectivity index (χ2n) is 6.38. The van der Waals surface area contributed by atoms with Crippen molar-refractivity contribution < 1.29 is 4.74 Å². The molecule has 0 saturated carbocycles. The fourth-order valence-electron chi connectivity index (χ4n) is 3.47. The normalized spacial score (nSPS) is 19.0. The van der Waals surface area contributed by atoms with Gasteiger partial charge in [-0.25, -0.2) is 0 Å². The van der Waals surface area contributed by atoms with Gasteiger partial charge in [-0.2, -0.15) is 0 Å². The fourth-order valence-corrected chi connectivity index (χ4v) is 3.76. The summed E-state index contributed by atoms with van der Waals surface area (Å²) in [5, 5.41) is 8.46. The SMILES string of the molecule is CC(c1ccc2c(c1)OCC2)N1CCN(c2ccc(I)nn2)CC1. The number of rotatable bonds is 3. The van der Waals surface area contributed by atoms with E-state index in [0.717, 1.165) is 54.5 Å². The van der Waals surface area contributed by atoms with Gasteiger partial charge in [0.25, 0.3) is 0 Å². The van der Waals surface area contributed by atoms with E-state index in [1.54, 1.807) is 0 Å². The van der Waals surface area contributed by atoms with Crippen molar-refractivity contribution in [3.8, 4) is 5.75 Å². The molecule has 0 radical (unpaired) electrons. The summed E-state index contributed by atoms with van der Waals surface area (Å²) in [7, 11) is 0. The highest BCUT2D eigenvalue weighted by molar-refractivity contribution is 14.1. The molecule has 1 atom stereocenters. The molecule has 0 N–H and O–H groups in total. The van der Waals surface area contributed by atoms with E-state index in [4.69, 9.17) is 4.74 Å². The highest BCUT2D eigenvalue weighted by Crippen LogP contribution is 2.31. The lowest BCUT2D eigenvalue weighted by Gasteiger charge is -2.38. The first kappa shape index (κ1) is 16.1. The largest absolute Gasteiger partial charge is 0.493 e. The van der Waals surface area contributed by atoms with Gasteiger partial charge in [0.05, 0.1) is 6.61 Å². The summed E-state index contributed by atoms with van der Waals surface area (Å²) in [6, 6.07) is 11.2. The Labute approximate surface area is 156 Å². The van der Waals surface area contributed by atoms with Crippen LogP contribution in [0, 0.1) is 3.70 Å². The number of nitrogens with zero attached hydrogens (tertiary/aromatic N) is 4. The summed E-state index contributed by atoms with van der Waals surface area (Å²) >= 11 is 2.19. The van der Waals surface area contributed by atoms with Gasteiger partial charge in [0.15, 0.2) is 5.82 Å². The maximum Gasteiger partial charge on any atom is 0.151 e. The van der Waals surface area contributed by atoms with E-state index < -0.39 is 0 Å². The van der Waals surface area contributed by atoms with Crippen LogP contribution in [-0.4, -0.2) is 47.9 Å². The highest BCUT2D eigenvalue weighted by atomic mass is 127. The van der Waals surface area contributed by atoms with E-state index in [2.05, 4.69) is 73.8 Å². The van der Waals surface area contributed by atoms with Crippen LogP contribution in [0.15, 0.2) is 30.3 Å². The number of benzene rings is 1. The summed E-state index contributed by atoms with van der Waals surface area (Å²) in [6.45, 7) is 7.15. The molecule has 2 aliphatic heterocycles. The van der Waals surface area contributed by atoms with Crippen LogP contribution >= 0.6 is 22.6 Å². The summed E-state index contributed by atoms with van der Waals surface area (Å²) in [4.78, 5) is 4.85. The number of aromatic nitrogens is 2. The number of anilines is 1. The Morgan fingerprint density at radius 1 is 1.08 bits per heavy atom. The molecule has 0 bridgehead atoms. The molecule has 1 fully saturated rings. The molecule has 1 aromatic carbocycles. The van der Waals surface area contributed by atoms with Crippen LogP contribution in [0.3, 0.4) is 0 Å². The molecule has 1 unspecified atom stereocenters. The monoisotopic (exact) mass is 436 g/mol. The van der Waals surface area contributed by atoms with E-state index in [9.17, 15) is 0 Å². The third kappa shape index (κ3) is 3.21. The predicted octanol–water partition coefficient (Wildman–Crippen LogP) is 2.90. The van der Waals surface area contributed by atoms with Crippen LogP contribution in [-0.2, 0) is 6.42 Å². The minimum Gasteiger partial charge on any atom is -0.493 e. The Balaban J connectivity index is 1.41. The zero-order valence-electron chi connectivity index (χ0n) is 13.8. The van der Waals surface area contributed by atoms with Gasteiger partial charge in [-0.1, -0.05) is 12.1 Å². The van der Waals surface area contributed by atoms with Crippen molar-refractivity contribution in [3.05, 3.63) is 45.2 Å². The Hall–Kier alpha value is -1.41. The highest BCUT2D eigenvalue weighted by Gasteiger charge is 2.24. The van der Waals surface area contributed by atoms with Crippen LogP contribution in [0.5, 0.6) is 5.75 Å². The smallest absolute Gasteiger partial charge is 0.151 e. The van der Waals surface area contributed by atoms with Crippen molar-refractivity contribution in [1.82, 2.24) is 15.1 Å². The minimum atomic E-state index is 0.407. The van der Waals surface area contributed by atoms with E-state index >= 15 is 0 Å². The van der Waals surface area contributed by atoms with E-state index in [1.807, 2.05) is 6.07 Å². The predicted molar refractivity (Wildman–Crippen MR) is 103 cm³/mol. The van der Waals surface area contributed by atoms with Crippen molar-refractivity contribution in [2.75, 3.05) is 37.7 Å². The summed E-state index contributed by atoms with van der Waals surface area (Å²) in [5.74, 6) is 2.06. The molecule has 1 aromatic heterocycles. The average Bonchev–Trinajstić information content (AvgIpc) is 3.09. The molecule has 0 amide bonds. The number of hydrogen-bond donors (Lipinski definition) is 0. The fraction of sp³-hybridized carbons (Fsp3) is 0.444. The second kappa shape index (κ2) is 6.84. The van der Waals surface area contributed by atoms with Crippen molar-refractivity contribution in [2.24, 2.45) is 0 Å². The molecular formula is C18H21IN4O. The van der Waals surface area contributed by atoms with Crippen LogP contribution in [0.1, 0.15) is 24.1 Å². The van der Waals surface area contributed by atoms with Crippen LogP contribution in [0.25, 0.3) is 0 Å². The molecule has 4 rings (SSSR count). The molecule has 1 saturated heterocycles. The van der Waals surface area contributed by atoms with Gasteiger partial charge in [-0.3, -0.25) is 4.90 Å². The van der Waals surface area contributed by atoms with E-state index in [-0.39, 0.29) is 0 Å². The molecule has 6 heteroatoms. The quantitative estimate of drug-likeness (QED) is 0.693. The third-order valence-corrected chi connectivity index (χ3v) is 5.58. The Bertz CT molecular complexity index is 713. The van der Waals surface area contributed by atoms with Gasteiger partial charge in [0.1, 0.15) is 9.45 Å². The van der Waals surface area contributed by atoms with Crippen molar-refractivity contribution in [3.63, 3.8) is 0 Å². The molecule has 0 aliphatic carbocycles. The van der Waals surface area contributed by atoms with Gasteiger partial charge in [-0.05, 0) is 58.8 Å². The second-order valence-corrected chi connectivity index (χ2v) is 7.48. The van der Waals surface area contributed by atoms with Crippen LogP contribution in [0.4, 0.5) is 5.82 Å². The van der Waals surface area contributed by atoms with Gasteiger partial charge in [0, 0.05) is 38.6 Å². The number of fused-ring (bicyclic) bond motifs is 1. The molecule has 3 heterocycles. The topological polar surface area (TPSA) is 41.5 Å². The van der Waals surface area contributed by atoms with Crippen molar-refractivity contribution in [2.45, 2.75) is 19.4 Å². The van der Waals surface area contributed by atoms with Crippen molar-refractivity contribution >= 4 is 28.4 Å². The lowest BCUT2D eigenvalue weighted by atomic mass is 10.0. The van der Waals surface area contributed by atoms with Gasteiger partial charge >= 0.3 is 0 Å². The van der Waals surface area contributed by atoms with E-state index in [0.29, 0.717) is 6.04 Å². The molecule has 0 spiro atoms. The van der Waals surface area contributed by atoms with E-state index in [1.165, 1.54) is 11.1 Å². The summed E-state index contributed by atoms with van der Waals surface area (Å²) in [5.41, 5.74) is 2.69. The maximum absolute atomic E-state index is 5.72. The molecule has 5 nitrogen and oxygen atoms in total. The molecule has 126 valence electrons. The average molecular weight is 436 g/mol. The first-order valence-electron chi connectivity index (χ1n) is 8.44. The van der Waals surface area contributed by atoms with Crippen molar-refractivity contribution in [1.29, 1.82) is 0 Å². The first-order chi connectivity index (χ1) is 11.7. The van der Waals surface area contributed by atoms with Gasteiger partial charge in [-0.15, -0.1) is 10.2 Å². The molecular weight excluding hydrogens is 415 g/mol. The summed E-state index contributed by atoms with van der Waals surface area (Å²) in [6.07, 6.45) is 1.04. The minimum absolute atomic E-state index is 0.407. The maximum atomic E-state index is 5.72. The zero-order chi connectivity index (χ0) is 16.5. The lowest BCUT2D eigenvalue weighted by Crippen LogP contribution is -2.47. The Morgan fingerprint density at radius 2 is 1.92 bits per heavy atom. The first-order valence-corrected chi connectivity index (χ1v) is 9.52. The van der Waals surface area contributed by atoms with Crippen LogP contribution < -0.4 is 9.64 Å². The molecule has 2 aliphatic rings. The van der Waals surface area contributed by atoms with Gasteiger partial charge < -0.3 is 9.64 Å². The number of ether oxygens (including phenoxy) is 1. The zero-order valence-corrected chi connectivity index (χ0v) is 15.9. The third-order valence-electron chi connectivity index (χ3n) is 5.01. The number of piperazine rings is 1. The lowest BCUT2D eigenvalue weighted by molar-refractivity contribution is 0.198.